The molecule has 2 aromatic rings. The quantitative estimate of drug-likeness (QED) is 0.713. The number of sulfonamides is 1. The summed E-state index contributed by atoms with van der Waals surface area (Å²) in [5.74, 6) is -0.256. The predicted octanol–water partition coefficient (Wildman–Crippen LogP) is 4.18. The maximum atomic E-state index is 12.7. The minimum Gasteiger partial charge on any atom is -0.494 e. The maximum Gasteiger partial charge on any atom is 0.573 e. The van der Waals surface area contributed by atoms with E-state index in [1.807, 2.05) is 0 Å². The molecule has 2 rings (SSSR count). The second kappa shape index (κ2) is 8.38. The minimum atomic E-state index is -5.03. The molecule has 1 N–H and O–H groups in total. The van der Waals surface area contributed by atoms with Gasteiger partial charge in [0.1, 0.15) is 22.1 Å². The van der Waals surface area contributed by atoms with Gasteiger partial charge in [0.05, 0.1) is 18.9 Å². The van der Waals surface area contributed by atoms with Crippen LogP contribution < -0.4 is 18.9 Å². The van der Waals surface area contributed by atoms with Crippen LogP contribution in [0.2, 0.25) is 0 Å². The summed E-state index contributed by atoms with van der Waals surface area (Å²) in [6.45, 7) is 4.07. The number of benzene rings is 2. The number of halogens is 3. The average molecular weight is 405 g/mol. The lowest BCUT2D eigenvalue weighted by Gasteiger charge is -2.17. The Morgan fingerprint density at radius 1 is 0.963 bits per heavy atom. The van der Waals surface area contributed by atoms with Crippen molar-refractivity contribution in [2.45, 2.75) is 25.1 Å². The first-order valence-electron chi connectivity index (χ1n) is 7.93. The molecule has 0 fully saturated rings. The van der Waals surface area contributed by atoms with E-state index >= 15 is 0 Å². The number of nitrogens with one attached hydrogen (secondary N) is 1. The molecule has 0 amide bonds. The number of hydrogen-bond donors (Lipinski definition) is 1. The predicted molar refractivity (Wildman–Crippen MR) is 92.7 cm³/mol. The first-order valence-corrected chi connectivity index (χ1v) is 9.42. The van der Waals surface area contributed by atoms with E-state index in [-0.39, 0.29) is 18.0 Å². The van der Waals surface area contributed by atoms with E-state index in [4.69, 9.17) is 9.47 Å². The second-order valence-electron chi connectivity index (χ2n) is 5.12. The van der Waals surface area contributed by atoms with Crippen LogP contribution in [-0.2, 0) is 10.0 Å². The van der Waals surface area contributed by atoms with Gasteiger partial charge in [-0.3, -0.25) is 4.72 Å². The Morgan fingerprint density at radius 2 is 1.63 bits per heavy atom. The van der Waals surface area contributed by atoms with Gasteiger partial charge in [-0.05, 0) is 38.1 Å². The van der Waals surface area contributed by atoms with Crippen molar-refractivity contribution in [3.8, 4) is 17.2 Å². The molecule has 0 aliphatic heterocycles. The van der Waals surface area contributed by atoms with E-state index in [1.165, 1.54) is 24.3 Å². The number of rotatable bonds is 8. The number of alkyl halides is 3. The zero-order valence-electron chi connectivity index (χ0n) is 14.5. The highest BCUT2D eigenvalue weighted by atomic mass is 32.2. The third-order valence-electron chi connectivity index (χ3n) is 3.17. The SMILES string of the molecule is CCOc1ccc(OCC)c(NS(=O)(=O)c2ccccc2OC(F)(F)F)c1. The highest BCUT2D eigenvalue weighted by Crippen LogP contribution is 2.34. The zero-order valence-corrected chi connectivity index (χ0v) is 15.4. The van der Waals surface area contributed by atoms with Crippen molar-refractivity contribution in [3.63, 3.8) is 0 Å². The van der Waals surface area contributed by atoms with E-state index in [0.717, 1.165) is 12.1 Å². The van der Waals surface area contributed by atoms with Crippen molar-refractivity contribution in [3.05, 3.63) is 42.5 Å². The first-order chi connectivity index (χ1) is 12.7. The fourth-order valence-electron chi connectivity index (χ4n) is 2.21. The molecule has 0 aliphatic rings. The summed E-state index contributed by atoms with van der Waals surface area (Å²) in [5.41, 5.74) is 0.0320. The molecule has 27 heavy (non-hydrogen) atoms. The van der Waals surface area contributed by atoms with Gasteiger partial charge in [0, 0.05) is 6.07 Å². The highest BCUT2D eigenvalue weighted by Gasteiger charge is 2.34. The van der Waals surface area contributed by atoms with Gasteiger partial charge in [0.15, 0.2) is 0 Å². The molecule has 6 nitrogen and oxygen atoms in total. The van der Waals surface area contributed by atoms with E-state index in [2.05, 4.69) is 9.46 Å². The van der Waals surface area contributed by atoms with Crippen LogP contribution in [0.1, 0.15) is 13.8 Å². The Labute approximate surface area is 154 Å². The van der Waals surface area contributed by atoms with Crippen LogP contribution in [-0.4, -0.2) is 28.0 Å². The van der Waals surface area contributed by atoms with Crippen molar-refractivity contribution in [2.75, 3.05) is 17.9 Å². The van der Waals surface area contributed by atoms with Gasteiger partial charge in [-0.2, -0.15) is 0 Å². The standard InChI is InChI=1S/C17H18F3NO5S/c1-3-24-12-9-10-14(25-4-2)13(11-12)21-27(22,23)16-8-6-5-7-15(16)26-17(18,19)20/h5-11,21H,3-4H2,1-2H3. The van der Waals surface area contributed by atoms with Crippen molar-refractivity contribution >= 4 is 15.7 Å². The molecule has 2 aromatic carbocycles. The molecule has 0 radical (unpaired) electrons. The van der Waals surface area contributed by atoms with Crippen LogP contribution in [0.3, 0.4) is 0 Å². The summed E-state index contributed by atoms with van der Waals surface area (Å²) in [4.78, 5) is -0.661. The van der Waals surface area contributed by atoms with E-state index in [1.54, 1.807) is 19.9 Å². The Bertz CT molecular complexity index is 884. The molecule has 148 valence electrons. The summed E-state index contributed by atoms with van der Waals surface area (Å²) in [5, 5.41) is 0. The van der Waals surface area contributed by atoms with E-state index < -0.39 is 27.0 Å². The average Bonchev–Trinajstić information content (AvgIpc) is 2.56. The molecule has 0 saturated heterocycles. The third kappa shape index (κ3) is 5.68. The van der Waals surface area contributed by atoms with Gasteiger partial charge in [-0.15, -0.1) is 13.2 Å². The number of anilines is 1. The van der Waals surface area contributed by atoms with Crippen LogP contribution in [0.4, 0.5) is 18.9 Å². The van der Waals surface area contributed by atoms with Gasteiger partial charge in [0.2, 0.25) is 0 Å². The Morgan fingerprint density at radius 3 is 2.26 bits per heavy atom. The van der Waals surface area contributed by atoms with Gasteiger partial charge in [0.25, 0.3) is 10.0 Å². The number of ether oxygens (including phenoxy) is 3. The van der Waals surface area contributed by atoms with Crippen LogP contribution >= 0.6 is 0 Å². The fourth-order valence-corrected chi connectivity index (χ4v) is 3.40. The smallest absolute Gasteiger partial charge is 0.494 e. The van der Waals surface area contributed by atoms with Crippen molar-refractivity contribution in [1.29, 1.82) is 0 Å². The summed E-state index contributed by atoms with van der Waals surface area (Å²) in [6.07, 6.45) is -5.03. The molecule has 0 bridgehead atoms. The first kappa shape index (κ1) is 20.7. The monoisotopic (exact) mass is 405 g/mol. The molecule has 0 aromatic heterocycles. The van der Waals surface area contributed by atoms with Gasteiger partial charge < -0.3 is 14.2 Å². The maximum absolute atomic E-state index is 12.7. The fraction of sp³-hybridized carbons (Fsp3) is 0.294. The van der Waals surface area contributed by atoms with E-state index in [0.29, 0.717) is 12.4 Å². The minimum absolute atomic E-state index is 0.0320. The summed E-state index contributed by atoms with van der Waals surface area (Å²) >= 11 is 0. The normalized spacial score (nSPS) is 11.7. The molecular formula is C17H18F3NO5S. The molecule has 0 unspecified atom stereocenters. The number of hydrogen-bond acceptors (Lipinski definition) is 5. The van der Waals surface area contributed by atoms with Crippen LogP contribution in [0.25, 0.3) is 0 Å². The molecule has 0 aliphatic carbocycles. The highest BCUT2D eigenvalue weighted by molar-refractivity contribution is 7.92. The molecular weight excluding hydrogens is 387 g/mol. The molecule has 0 spiro atoms. The van der Waals surface area contributed by atoms with Crippen molar-refractivity contribution < 1.29 is 35.8 Å². The van der Waals surface area contributed by atoms with Gasteiger partial charge in [-0.1, -0.05) is 12.1 Å². The van der Waals surface area contributed by atoms with Crippen molar-refractivity contribution in [2.24, 2.45) is 0 Å². The lowest BCUT2D eigenvalue weighted by Crippen LogP contribution is -2.21. The lowest BCUT2D eigenvalue weighted by molar-refractivity contribution is -0.275. The lowest BCUT2D eigenvalue weighted by atomic mass is 10.3. The van der Waals surface area contributed by atoms with Gasteiger partial charge in [-0.25, -0.2) is 8.42 Å². The Balaban J connectivity index is 2.43. The molecule has 0 saturated carbocycles. The summed E-state index contributed by atoms with van der Waals surface area (Å²) < 4.78 is 79.8. The largest absolute Gasteiger partial charge is 0.573 e. The van der Waals surface area contributed by atoms with Gasteiger partial charge >= 0.3 is 6.36 Å². The summed E-state index contributed by atoms with van der Waals surface area (Å²) in [6, 6.07) is 8.94. The second-order valence-corrected chi connectivity index (χ2v) is 6.77. The van der Waals surface area contributed by atoms with Crippen LogP contribution in [0.5, 0.6) is 17.2 Å². The van der Waals surface area contributed by atoms with Crippen LogP contribution in [0.15, 0.2) is 47.4 Å². The topological polar surface area (TPSA) is 73.9 Å². The Kier molecular flexibility index (Phi) is 6.42. The molecule has 10 heteroatoms. The molecule has 0 heterocycles. The summed E-state index contributed by atoms with van der Waals surface area (Å²) in [7, 11) is -4.40. The van der Waals surface area contributed by atoms with Crippen molar-refractivity contribution in [1.82, 2.24) is 0 Å². The Hall–Kier alpha value is -2.62. The zero-order chi connectivity index (χ0) is 20.1. The number of para-hydroxylation sites is 1. The molecule has 0 atom stereocenters. The van der Waals surface area contributed by atoms with E-state index in [9.17, 15) is 21.6 Å². The third-order valence-corrected chi connectivity index (χ3v) is 4.58. The van der Waals surface area contributed by atoms with Crippen LogP contribution in [0, 0.1) is 0 Å².